The van der Waals surface area contributed by atoms with E-state index < -0.39 is 0 Å². The minimum atomic E-state index is -0.369. The number of hydrogen-bond acceptors (Lipinski definition) is 7. The molecule has 34 heavy (non-hydrogen) atoms. The van der Waals surface area contributed by atoms with Crippen LogP contribution in [0.3, 0.4) is 0 Å². The molecule has 9 heteroatoms. The number of anilines is 1. The van der Waals surface area contributed by atoms with Crippen LogP contribution in [0, 0.1) is 0 Å². The molecule has 0 radical (unpaired) electrons. The molecule has 5 rings (SSSR count). The van der Waals surface area contributed by atoms with Crippen molar-refractivity contribution in [1.29, 1.82) is 0 Å². The highest BCUT2D eigenvalue weighted by Gasteiger charge is 2.22. The Morgan fingerprint density at radius 2 is 1.88 bits per heavy atom. The standard InChI is InChI=1S/C25H21N5O3S/c1-14(2)30-23-18(13-26-30)17(12-19(27-23)20-10-7-11-33-20)24(32)29-25-28-21(22(34-25)15(3)31)16-8-5-4-6-9-16/h4-14H,1-3H3,(H,28,29,32). The van der Waals surface area contributed by atoms with E-state index >= 15 is 0 Å². The molecule has 0 aliphatic heterocycles. The lowest BCUT2D eigenvalue weighted by atomic mass is 10.1. The number of fused-ring (bicyclic) bond motifs is 1. The summed E-state index contributed by atoms with van der Waals surface area (Å²) in [5.74, 6) is 0.0698. The number of pyridine rings is 1. The Kier molecular flexibility index (Phi) is 5.54. The second kappa shape index (κ2) is 8.68. The monoisotopic (exact) mass is 471 g/mol. The van der Waals surface area contributed by atoms with Gasteiger partial charge in [0, 0.05) is 18.5 Å². The molecule has 4 aromatic heterocycles. The number of nitrogens with one attached hydrogen (secondary N) is 1. The number of carbonyl (C=O) groups excluding carboxylic acids is 2. The van der Waals surface area contributed by atoms with Gasteiger partial charge in [0.15, 0.2) is 22.3 Å². The van der Waals surface area contributed by atoms with Crippen LogP contribution in [0.5, 0.6) is 0 Å². The van der Waals surface area contributed by atoms with Crippen molar-refractivity contribution in [2.45, 2.75) is 26.8 Å². The zero-order valence-corrected chi connectivity index (χ0v) is 19.6. The third-order valence-corrected chi connectivity index (χ3v) is 6.36. The minimum Gasteiger partial charge on any atom is -0.463 e. The Hall–Kier alpha value is -4.11. The predicted molar refractivity (Wildman–Crippen MR) is 131 cm³/mol. The Morgan fingerprint density at radius 1 is 1.09 bits per heavy atom. The molecule has 170 valence electrons. The average Bonchev–Trinajstić information content (AvgIpc) is 3.58. The van der Waals surface area contributed by atoms with E-state index in [0.717, 1.165) is 16.9 Å². The quantitative estimate of drug-likeness (QED) is 0.312. The van der Waals surface area contributed by atoms with E-state index in [1.165, 1.54) is 6.92 Å². The SMILES string of the molecule is CC(=O)c1sc(NC(=O)c2cc(-c3ccco3)nc3c2cnn3C(C)C)nc1-c1ccccc1. The van der Waals surface area contributed by atoms with E-state index in [0.29, 0.717) is 43.8 Å². The van der Waals surface area contributed by atoms with Gasteiger partial charge in [-0.05, 0) is 32.0 Å². The van der Waals surface area contributed by atoms with E-state index in [-0.39, 0.29) is 17.7 Å². The summed E-state index contributed by atoms with van der Waals surface area (Å²) in [6.45, 7) is 5.49. The second-order valence-electron chi connectivity index (χ2n) is 8.03. The van der Waals surface area contributed by atoms with Crippen molar-refractivity contribution in [3.05, 3.63) is 71.4 Å². The highest BCUT2D eigenvalue weighted by molar-refractivity contribution is 7.18. The maximum atomic E-state index is 13.4. The van der Waals surface area contributed by atoms with Crippen LogP contribution in [0.1, 0.15) is 46.8 Å². The Bertz CT molecular complexity index is 1500. The molecule has 4 heterocycles. The molecule has 0 saturated heterocycles. The number of carbonyl (C=O) groups is 2. The molecule has 1 aromatic carbocycles. The number of furan rings is 1. The molecular formula is C25H21N5O3S. The highest BCUT2D eigenvalue weighted by Crippen LogP contribution is 2.33. The predicted octanol–water partition coefficient (Wildman–Crippen LogP) is 5.85. The lowest BCUT2D eigenvalue weighted by molar-refractivity contribution is 0.101. The average molecular weight is 472 g/mol. The smallest absolute Gasteiger partial charge is 0.258 e. The lowest BCUT2D eigenvalue weighted by Crippen LogP contribution is -2.13. The molecule has 1 N–H and O–H groups in total. The van der Waals surface area contributed by atoms with Crippen molar-refractivity contribution in [2.24, 2.45) is 0 Å². The van der Waals surface area contributed by atoms with Gasteiger partial charge in [-0.2, -0.15) is 5.10 Å². The summed E-state index contributed by atoms with van der Waals surface area (Å²) in [6, 6.07) is 14.7. The molecule has 8 nitrogen and oxygen atoms in total. The van der Waals surface area contributed by atoms with Gasteiger partial charge in [0.05, 0.1) is 34.0 Å². The Balaban J connectivity index is 1.57. The molecular weight excluding hydrogens is 450 g/mol. The van der Waals surface area contributed by atoms with Gasteiger partial charge in [0.1, 0.15) is 5.69 Å². The fourth-order valence-corrected chi connectivity index (χ4v) is 4.58. The number of ketones is 1. The Labute approximate surface area is 199 Å². The van der Waals surface area contributed by atoms with Gasteiger partial charge in [0.25, 0.3) is 5.91 Å². The first-order valence-electron chi connectivity index (χ1n) is 10.7. The summed E-state index contributed by atoms with van der Waals surface area (Å²) in [5.41, 5.74) is 2.87. The summed E-state index contributed by atoms with van der Waals surface area (Å²) >= 11 is 1.16. The third-order valence-electron chi connectivity index (χ3n) is 5.29. The second-order valence-corrected chi connectivity index (χ2v) is 9.02. The van der Waals surface area contributed by atoms with Crippen molar-refractivity contribution in [3.63, 3.8) is 0 Å². The topological polar surface area (TPSA) is 103 Å². The molecule has 0 saturated carbocycles. The van der Waals surface area contributed by atoms with Crippen LogP contribution in [0.15, 0.2) is 65.4 Å². The van der Waals surface area contributed by atoms with Crippen LogP contribution in [-0.4, -0.2) is 31.4 Å². The molecule has 0 spiro atoms. The van der Waals surface area contributed by atoms with Gasteiger partial charge in [-0.3, -0.25) is 14.9 Å². The van der Waals surface area contributed by atoms with Gasteiger partial charge < -0.3 is 4.42 Å². The first-order chi connectivity index (χ1) is 16.4. The number of hydrogen-bond donors (Lipinski definition) is 1. The molecule has 5 aromatic rings. The molecule has 0 aliphatic carbocycles. The van der Waals surface area contributed by atoms with Crippen LogP contribution in [0.2, 0.25) is 0 Å². The first-order valence-corrected chi connectivity index (χ1v) is 11.5. The number of rotatable bonds is 6. The maximum absolute atomic E-state index is 13.4. The normalized spacial score (nSPS) is 11.3. The number of nitrogens with zero attached hydrogens (tertiary/aromatic N) is 4. The summed E-state index contributed by atoms with van der Waals surface area (Å²) in [4.78, 5) is 35.4. The van der Waals surface area contributed by atoms with Crippen LogP contribution in [0.25, 0.3) is 33.7 Å². The molecule has 0 aliphatic rings. The number of benzene rings is 1. The number of Topliss-reactive ketones (excluding diaryl/α,β-unsaturated/α-hetero) is 1. The van der Waals surface area contributed by atoms with E-state index in [1.54, 1.807) is 35.3 Å². The third kappa shape index (κ3) is 3.90. The van der Waals surface area contributed by atoms with Crippen molar-refractivity contribution in [2.75, 3.05) is 5.32 Å². The number of thiazole rings is 1. The van der Waals surface area contributed by atoms with E-state index in [4.69, 9.17) is 9.40 Å². The van der Waals surface area contributed by atoms with Crippen LogP contribution < -0.4 is 5.32 Å². The first kappa shape index (κ1) is 21.7. The zero-order valence-electron chi connectivity index (χ0n) is 18.8. The molecule has 0 fully saturated rings. The van der Waals surface area contributed by atoms with Crippen LogP contribution in [-0.2, 0) is 0 Å². The molecule has 0 bridgehead atoms. The van der Waals surface area contributed by atoms with E-state index in [1.807, 2.05) is 44.2 Å². The zero-order chi connectivity index (χ0) is 23.8. The van der Waals surface area contributed by atoms with Crippen molar-refractivity contribution < 1.29 is 14.0 Å². The summed E-state index contributed by atoms with van der Waals surface area (Å²) in [6.07, 6.45) is 3.20. The van der Waals surface area contributed by atoms with Gasteiger partial charge in [-0.15, -0.1) is 0 Å². The van der Waals surface area contributed by atoms with Crippen molar-refractivity contribution >= 4 is 39.2 Å². The summed E-state index contributed by atoms with van der Waals surface area (Å²) in [7, 11) is 0. The maximum Gasteiger partial charge on any atom is 0.258 e. The van der Waals surface area contributed by atoms with E-state index in [2.05, 4.69) is 15.4 Å². The van der Waals surface area contributed by atoms with Gasteiger partial charge in [0.2, 0.25) is 0 Å². The molecule has 0 unspecified atom stereocenters. The molecule has 1 amide bonds. The van der Waals surface area contributed by atoms with Gasteiger partial charge >= 0.3 is 0 Å². The van der Waals surface area contributed by atoms with Crippen LogP contribution in [0.4, 0.5) is 5.13 Å². The van der Waals surface area contributed by atoms with Gasteiger partial charge in [-0.1, -0.05) is 41.7 Å². The lowest BCUT2D eigenvalue weighted by Gasteiger charge is -2.09. The number of aromatic nitrogens is 4. The fourth-order valence-electron chi connectivity index (χ4n) is 3.70. The van der Waals surface area contributed by atoms with Gasteiger partial charge in [-0.25, -0.2) is 14.6 Å². The summed E-state index contributed by atoms with van der Waals surface area (Å²) < 4.78 is 7.29. The number of amides is 1. The van der Waals surface area contributed by atoms with Crippen LogP contribution >= 0.6 is 11.3 Å². The fraction of sp³-hybridized carbons (Fsp3) is 0.160. The summed E-state index contributed by atoms with van der Waals surface area (Å²) in [5, 5.41) is 8.26. The minimum absolute atomic E-state index is 0.0540. The van der Waals surface area contributed by atoms with E-state index in [9.17, 15) is 9.59 Å². The molecule has 0 atom stereocenters. The Morgan fingerprint density at radius 3 is 2.56 bits per heavy atom. The highest BCUT2D eigenvalue weighted by atomic mass is 32.1. The van der Waals surface area contributed by atoms with Crippen molar-refractivity contribution in [3.8, 4) is 22.7 Å². The largest absolute Gasteiger partial charge is 0.463 e. The van der Waals surface area contributed by atoms with Crippen molar-refractivity contribution in [1.82, 2.24) is 19.7 Å².